The van der Waals surface area contributed by atoms with Crippen LogP contribution in [0.15, 0.2) is 18.2 Å². The second-order valence-electron chi connectivity index (χ2n) is 4.00. The number of phenolic OH excluding ortho intramolecular Hbond substituents is 2. The van der Waals surface area contributed by atoms with E-state index in [4.69, 9.17) is 14.9 Å². The van der Waals surface area contributed by atoms with E-state index in [9.17, 15) is 15.3 Å². The van der Waals surface area contributed by atoms with Gasteiger partial charge in [-0.15, -0.1) is 0 Å². The van der Waals surface area contributed by atoms with Gasteiger partial charge in [-0.25, -0.2) is 0 Å². The van der Waals surface area contributed by atoms with E-state index in [1.807, 2.05) is 0 Å². The zero-order valence-electron chi connectivity index (χ0n) is 8.89. The van der Waals surface area contributed by atoms with Crippen molar-refractivity contribution in [2.24, 2.45) is 0 Å². The Labute approximate surface area is 97.3 Å². The molecule has 0 radical (unpaired) electrons. The van der Waals surface area contributed by atoms with E-state index < -0.39 is 31.0 Å². The highest BCUT2D eigenvalue weighted by Crippen LogP contribution is 2.38. The number of hydrogen-bond acceptors (Lipinski definition) is 6. The van der Waals surface area contributed by atoms with E-state index in [2.05, 4.69) is 0 Å². The summed E-state index contributed by atoms with van der Waals surface area (Å²) in [5.41, 5.74) is 0.255. The molecular weight excluding hydrogens is 228 g/mol. The Morgan fingerprint density at radius 3 is 2.35 bits per heavy atom. The van der Waals surface area contributed by atoms with Gasteiger partial charge in [0.25, 0.3) is 0 Å². The van der Waals surface area contributed by atoms with E-state index in [0.29, 0.717) is 0 Å². The number of aliphatic hydroxyl groups is 3. The minimum absolute atomic E-state index is 0.113. The standard InChI is InChI=1S/C11H14O6/c12-4-8-9(15)10(16)11(17-8)6-2-1-5(13)3-7(6)14/h1-3,8-16H,4H2/t8-,9+,10+,11-/m0/s1. The topological polar surface area (TPSA) is 110 Å². The quantitative estimate of drug-likeness (QED) is 0.467. The van der Waals surface area contributed by atoms with Gasteiger partial charge < -0.3 is 30.3 Å². The fourth-order valence-electron chi connectivity index (χ4n) is 1.93. The van der Waals surface area contributed by atoms with Crippen molar-refractivity contribution in [2.75, 3.05) is 6.61 Å². The third kappa shape index (κ3) is 2.07. The van der Waals surface area contributed by atoms with Crippen LogP contribution < -0.4 is 0 Å². The van der Waals surface area contributed by atoms with E-state index in [1.165, 1.54) is 12.1 Å². The molecule has 0 bridgehead atoms. The average molecular weight is 242 g/mol. The number of phenols is 2. The van der Waals surface area contributed by atoms with Crippen molar-refractivity contribution in [1.82, 2.24) is 0 Å². The third-order valence-electron chi connectivity index (χ3n) is 2.86. The molecule has 6 nitrogen and oxygen atoms in total. The minimum atomic E-state index is -1.23. The summed E-state index contributed by atoms with van der Waals surface area (Å²) in [7, 11) is 0. The summed E-state index contributed by atoms with van der Waals surface area (Å²) in [5.74, 6) is -0.349. The number of benzene rings is 1. The van der Waals surface area contributed by atoms with Crippen molar-refractivity contribution in [3.63, 3.8) is 0 Å². The first-order valence-corrected chi connectivity index (χ1v) is 5.19. The zero-order valence-corrected chi connectivity index (χ0v) is 8.89. The zero-order chi connectivity index (χ0) is 12.6. The van der Waals surface area contributed by atoms with E-state index in [1.54, 1.807) is 0 Å². The summed E-state index contributed by atoms with van der Waals surface area (Å²) < 4.78 is 5.25. The molecular formula is C11H14O6. The summed E-state index contributed by atoms with van der Waals surface area (Å²) in [6.45, 7) is -0.423. The number of ether oxygens (including phenoxy) is 1. The van der Waals surface area contributed by atoms with Crippen LogP contribution in [0.4, 0.5) is 0 Å². The van der Waals surface area contributed by atoms with Crippen LogP contribution in [0.1, 0.15) is 11.7 Å². The lowest BCUT2D eigenvalue weighted by atomic mass is 10.0. The highest BCUT2D eigenvalue weighted by molar-refractivity contribution is 5.41. The Balaban J connectivity index is 2.29. The predicted molar refractivity (Wildman–Crippen MR) is 56.5 cm³/mol. The highest BCUT2D eigenvalue weighted by atomic mass is 16.6. The van der Waals surface area contributed by atoms with Gasteiger partial charge >= 0.3 is 0 Å². The molecule has 1 aromatic rings. The molecule has 1 heterocycles. The first kappa shape index (κ1) is 12.1. The number of aliphatic hydroxyl groups excluding tert-OH is 3. The second kappa shape index (κ2) is 4.50. The minimum Gasteiger partial charge on any atom is -0.508 e. The molecule has 2 rings (SSSR count). The Morgan fingerprint density at radius 1 is 1.12 bits per heavy atom. The van der Waals surface area contributed by atoms with E-state index in [-0.39, 0.29) is 17.1 Å². The van der Waals surface area contributed by atoms with Crippen LogP contribution in [-0.4, -0.2) is 50.5 Å². The normalized spacial score (nSPS) is 32.9. The molecule has 1 fully saturated rings. The molecule has 0 saturated carbocycles. The van der Waals surface area contributed by atoms with Crippen LogP contribution in [-0.2, 0) is 4.74 Å². The molecule has 5 N–H and O–H groups in total. The Kier molecular flexibility index (Phi) is 3.21. The number of hydrogen-bond donors (Lipinski definition) is 5. The van der Waals surface area contributed by atoms with Gasteiger partial charge in [0.05, 0.1) is 6.61 Å². The maximum atomic E-state index is 9.75. The highest BCUT2D eigenvalue weighted by Gasteiger charge is 2.43. The van der Waals surface area contributed by atoms with Crippen LogP contribution >= 0.6 is 0 Å². The first-order valence-electron chi connectivity index (χ1n) is 5.19. The van der Waals surface area contributed by atoms with Crippen LogP contribution in [0.5, 0.6) is 11.5 Å². The van der Waals surface area contributed by atoms with Crippen molar-refractivity contribution in [1.29, 1.82) is 0 Å². The van der Waals surface area contributed by atoms with E-state index in [0.717, 1.165) is 6.07 Å². The van der Waals surface area contributed by atoms with Crippen molar-refractivity contribution >= 4 is 0 Å². The summed E-state index contributed by atoms with van der Waals surface area (Å²) in [6, 6.07) is 3.85. The SMILES string of the molecule is OC[C@@H]1O[C@@H](c2ccc(O)cc2O)[C@H](O)[C@@H]1O. The molecule has 0 aromatic heterocycles. The van der Waals surface area contributed by atoms with Crippen LogP contribution in [0, 0.1) is 0 Å². The van der Waals surface area contributed by atoms with Gasteiger partial charge in [-0.3, -0.25) is 0 Å². The molecule has 0 aliphatic carbocycles. The van der Waals surface area contributed by atoms with Gasteiger partial charge in [0, 0.05) is 11.6 Å². The van der Waals surface area contributed by atoms with Gasteiger partial charge in [0.15, 0.2) is 0 Å². The summed E-state index contributed by atoms with van der Waals surface area (Å²) in [4.78, 5) is 0. The van der Waals surface area contributed by atoms with Gasteiger partial charge in [-0.05, 0) is 12.1 Å². The van der Waals surface area contributed by atoms with Gasteiger partial charge in [0.2, 0.25) is 0 Å². The van der Waals surface area contributed by atoms with Crippen molar-refractivity contribution in [3.8, 4) is 11.5 Å². The fourth-order valence-corrected chi connectivity index (χ4v) is 1.93. The average Bonchev–Trinajstić information content (AvgIpc) is 2.57. The molecule has 17 heavy (non-hydrogen) atoms. The molecule has 6 heteroatoms. The molecule has 1 saturated heterocycles. The largest absolute Gasteiger partial charge is 0.508 e. The Bertz CT molecular complexity index is 407. The fraction of sp³-hybridized carbons (Fsp3) is 0.455. The molecule has 94 valence electrons. The van der Waals surface area contributed by atoms with Gasteiger partial charge in [-0.1, -0.05) is 0 Å². The Hall–Kier alpha value is -1.34. The lowest BCUT2D eigenvalue weighted by Crippen LogP contribution is -2.32. The van der Waals surface area contributed by atoms with Crippen molar-refractivity contribution < 1.29 is 30.3 Å². The molecule has 1 aliphatic rings. The molecule has 0 amide bonds. The van der Waals surface area contributed by atoms with Crippen LogP contribution in [0.3, 0.4) is 0 Å². The van der Waals surface area contributed by atoms with Crippen LogP contribution in [0.2, 0.25) is 0 Å². The number of rotatable bonds is 2. The van der Waals surface area contributed by atoms with Crippen LogP contribution in [0.25, 0.3) is 0 Å². The van der Waals surface area contributed by atoms with Gasteiger partial charge in [0.1, 0.15) is 35.9 Å². The molecule has 0 spiro atoms. The monoisotopic (exact) mass is 242 g/mol. The molecule has 4 atom stereocenters. The Morgan fingerprint density at radius 2 is 1.82 bits per heavy atom. The van der Waals surface area contributed by atoms with Crippen molar-refractivity contribution in [3.05, 3.63) is 23.8 Å². The molecule has 1 aromatic carbocycles. The lowest BCUT2D eigenvalue weighted by molar-refractivity contribution is -0.0233. The second-order valence-corrected chi connectivity index (χ2v) is 4.00. The summed E-state index contributed by atoms with van der Waals surface area (Å²) >= 11 is 0. The predicted octanol–water partition coefficient (Wildman–Crippen LogP) is -0.748. The first-order chi connectivity index (χ1) is 8.04. The maximum Gasteiger partial charge on any atom is 0.125 e. The maximum absolute atomic E-state index is 9.75. The smallest absolute Gasteiger partial charge is 0.125 e. The van der Waals surface area contributed by atoms with Gasteiger partial charge in [-0.2, -0.15) is 0 Å². The lowest BCUT2D eigenvalue weighted by Gasteiger charge is -2.16. The number of aromatic hydroxyl groups is 2. The summed E-state index contributed by atoms with van der Waals surface area (Å²) in [5, 5.41) is 47.0. The molecule has 0 unspecified atom stereocenters. The van der Waals surface area contributed by atoms with E-state index >= 15 is 0 Å². The third-order valence-corrected chi connectivity index (χ3v) is 2.86. The van der Waals surface area contributed by atoms with Crippen molar-refractivity contribution in [2.45, 2.75) is 24.4 Å². The molecule has 1 aliphatic heterocycles. The summed E-state index contributed by atoms with van der Waals surface area (Å²) in [6.07, 6.45) is -4.26.